The van der Waals surface area contributed by atoms with E-state index in [-0.39, 0.29) is 17.4 Å². The first-order valence-corrected chi connectivity index (χ1v) is 9.61. The summed E-state index contributed by atoms with van der Waals surface area (Å²) >= 11 is 0. The third-order valence-electron chi connectivity index (χ3n) is 4.84. The van der Waals surface area contributed by atoms with Crippen LogP contribution >= 0.6 is 0 Å². The molecule has 2 aliphatic carbocycles. The second kappa shape index (κ2) is 5.51. The van der Waals surface area contributed by atoms with Crippen LogP contribution in [0, 0.1) is 0 Å². The van der Waals surface area contributed by atoms with Gasteiger partial charge in [0.2, 0.25) is 0 Å². The molecule has 4 rings (SSSR count). The largest absolute Gasteiger partial charge is 0.327 e. The average Bonchev–Trinajstić information content (AvgIpc) is 3.01. The monoisotopic (exact) mass is 364 g/mol. The molecule has 25 heavy (non-hydrogen) atoms. The maximum absolute atomic E-state index is 13.1. The molecule has 0 aliphatic heterocycles. The zero-order chi connectivity index (χ0) is 17.8. The molecule has 2 atom stereocenters. The van der Waals surface area contributed by atoms with Crippen LogP contribution in [0.1, 0.15) is 29.0 Å². The van der Waals surface area contributed by atoms with Gasteiger partial charge in [0.1, 0.15) is 0 Å². The Morgan fingerprint density at radius 3 is 2.32 bits per heavy atom. The highest BCUT2D eigenvalue weighted by Crippen LogP contribution is 2.55. The molecule has 1 fully saturated rings. The van der Waals surface area contributed by atoms with Gasteiger partial charge in [0, 0.05) is 18.2 Å². The third kappa shape index (κ3) is 3.14. The lowest BCUT2D eigenvalue weighted by Crippen LogP contribution is -2.19. The second-order valence-electron chi connectivity index (χ2n) is 6.84. The molecule has 0 saturated heterocycles. The van der Waals surface area contributed by atoms with Crippen molar-refractivity contribution >= 4 is 15.7 Å². The molecule has 0 spiro atoms. The number of benzene rings is 2. The number of anilines is 1. The van der Waals surface area contributed by atoms with E-state index in [2.05, 4.69) is 4.72 Å². The molecule has 0 amide bonds. The number of alkyl halides is 2. The van der Waals surface area contributed by atoms with E-state index >= 15 is 0 Å². The molecule has 1 saturated carbocycles. The van der Waals surface area contributed by atoms with Crippen LogP contribution in [0.25, 0.3) is 0 Å². The number of rotatable bonds is 4. The molecule has 132 valence electrons. The smallest absolute Gasteiger partial charge is 0.261 e. The number of nitrogens with one attached hydrogen (secondary N) is 1. The van der Waals surface area contributed by atoms with Gasteiger partial charge in [-0.15, -0.1) is 0 Å². The SMILES string of the molecule is N[C@@H]1Cc2ccc(NS(=O)(=O)c3ccc(C4CC4(F)F)cc3)cc2C1. The summed E-state index contributed by atoms with van der Waals surface area (Å²) in [4.78, 5) is 0.0532. The topological polar surface area (TPSA) is 72.2 Å². The minimum absolute atomic E-state index is 0.0532. The Labute approximate surface area is 145 Å². The van der Waals surface area contributed by atoms with Crippen molar-refractivity contribution in [1.82, 2.24) is 0 Å². The Hall–Kier alpha value is -1.99. The highest BCUT2D eigenvalue weighted by atomic mass is 32.2. The fraction of sp³-hybridized carbons (Fsp3) is 0.333. The first-order valence-electron chi connectivity index (χ1n) is 8.13. The minimum atomic E-state index is -3.76. The van der Waals surface area contributed by atoms with Crippen molar-refractivity contribution in [3.63, 3.8) is 0 Å². The number of halogens is 2. The molecule has 2 aromatic rings. The van der Waals surface area contributed by atoms with Gasteiger partial charge in [-0.2, -0.15) is 0 Å². The van der Waals surface area contributed by atoms with Gasteiger partial charge in [0.15, 0.2) is 0 Å². The van der Waals surface area contributed by atoms with Gasteiger partial charge >= 0.3 is 0 Å². The molecule has 4 nitrogen and oxygen atoms in total. The number of nitrogens with two attached hydrogens (primary N) is 1. The highest BCUT2D eigenvalue weighted by Gasteiger charge is 2.57. The molecule has 1 unspecified atom stereocenters. The van der Waals surface area contributed by atoms with Gasteiger partial charge in [-0.25, -0.2) is 17.2 Å². The summed E-state index contributed by atoms with van der Waals surface area (Å²) in [7, 11) is -3.76. The Bertz CT molecular complexity index is 927. The van der Waals surface area contributed by atoms with E-state index in [4.69, 9.17) is 5.73 Å². The highest BCUT2D eigenvalue weighted by molar-refractivity contribution is 7.92. The van der Waals surface area contributed by atoms with Crippen LogP contribution in [0.3, 0.4) is 0 Å². The maximum atomic E-state index is 13.1. The number of fused-ring (bicyclic) bond motifs is 1. The Morgan fingerprint density at radius 2 is 1.68 bits per heavy atom. The second-order valence-corrected chi connectivity index (χ2v) is 8.53. The summed E-state index contributed by atoms with van der Waals surface area (Å²) < 4.78 is 53.8. The average molecular weight is 364 g/mol. The van der Waals surface area contributed by atoms with Gasteiger partial charge in [-0.05, 0) is 53.8 Å². The Balaban J connectivity index is 1.53. The lowest BCUT2D eigenvalue weighted by molar-refractivity contribution is 0.112. The lowest BCUT2D eigenvalue weighted by atomic mass is 10.1. The quantitative estimate of drug-likeness (QED) is 0.876. The zero-order valence-electron chi connectivity index (χ0n) is 13.4. The summed E-state index contributed by atoms with van der Waals surface area (Å²) in [6.07, 6.45) is 1.36. The summed E-state index contributed by atoms with van der Waals surface area (Å²) in [6, 6.07) is 11.1. The van der Waals surface area contributed by atoms with E-state index in [9.17, 15) is 17.2 Å². The van der Waals surface area contributed by atoms with Crippen molar-refractivity contribution < 1.29 is 17.2 Å². The predicted octanol–water partition coefficient (Wildman–Crippen LogP) is 3.04. The lowest BCUT2D eigenvalue weighted by Gasteiger charge is -2.10. The molecule has 0 heterocycles. The van der Waals surface area contributed by atoms with Gasteiger partial charge in [-0.1, -0.05) is 18.2 Å². The van der Waals surface area contributed by atoms with Crippen molar-refractivity contribution in [2.24, 2.45) is 5.73 Å². The summed E-state index contributed by atoms with van der Waals surface area (Å²) in [5, 5.41) is 0. The Kier molecular flexibility index (Phi) is 3.63. The van der Waals surface area contributed by atoms with E-state index in [1.54, 1.807) is 12.1 Å². The van der Waals surface area contributed by atoms with Gasteiger partial charge < -0.3 is 5.73 Å². The molecule has 2 aromatic carbocycles. The Morgan fingerprint density at radius 1 is 1.04 bits per heavy atom. The first-order chi connectivity index (χ1) is 11.7. The fourth-order valence-corrected chi connectivity index (χ4v) is 4.43. The minimum Gasteiger partial charge on any atom is -0.327 e. The van der Waals surface area contributed by atoms with E-state index in [0.717, 1.165) is 24.0 Å². The molecular formula is C18H18F2N2O2S. The predicted molar refractivity (Wildman–Crippen MR) is 91.4 cm³/mol. The summed E-state index contributed by atoms with van der Waals surface area (Å²) in [5.74, 6) is -3.46. The maximum Gasteiger partial charge on any atom is 0.261 e. The van der Waals surface area contributed by atoms with Crippen molar-refractivity contribution in [3.8, 4) is 0 Å². The van der Waals surface area contributed by atoms with Crippen LogP contribution in [0.2, 0.25) is 0 Å². The van der Waals surface area contributed by atoms with Crippen molar-refractivity contribution in [2.45, 2.75) is 42.0 Å². The van der Waals surface area contributed by atoms with Crippen LogP contribution in [0.5, 0.6) is 0 Å². The van der Waals surface area contributed by atoms with Gasteiger partial charge in [0.25, 0.3) is 15.9 Å². The third-order valence-corrected chi connectivity index (χ3v) is 6.24. The van der Waals surface area contributed by atoms with Gasteiger partial charge in [-0.3, -0.25) is 4.72 Å². The fourth-order valence-electron chi connectivity index (χ4n) is 3.38. The number of hydrogen-bond acceptors (Lipinski definition) is 3. The van der Waals surface area contributed by atoms with Crippen molar-refractivity contribution in [1.29, 1.82) is 0 Å². The molecule has 3 N–H and O–H groups in total. The molecule has 0 aromatic heterocycles. The zero-order valence-corrected chi connectivity index (χ0v) is 14.2. The molecule has 0 bridgehead atoms. The van der Waals surface area contributed by atoms with E-state index in [0.29, 0.717) is 11.3 Å². The van der Waals surface area contributed by atoms with Crippen LogP contribution < -0.4 is 10.5 Å². The van der Waals surface area contributed by atoms with Crippen LogP contribution in [0.15, 0.2) is 47.4 Å². The van der Waals surface area contributed by atoms with E-state index in [1.807, 2.05) is 6.07 Å². The van der Waals surface area contributed by atoms with E-state index < -0.39 is 21.9 Å². The van der Waals surface area contributed by atoms with Crippen molar-refractivity contribution in [2.75, 3.05) is 4.72 Å². The molecule has 0 radical (unpaired) electrons. The summed E-state index contributed by atoms with van der Waals surface area (Å²) in [5.41, 5.74) is 9.07. The van der Waals surface area contributed by atoms with Crippen LogP contribution in [0.4, 0.5) is 14.5 Å². The van der Waals surface area contributed by atoms with Crippen LogP contribution in [-0.2, 0) is 22.9 Å². The summed E-state index contributed by atoms with van der Waals surface area (Å²) in [6.45, 7) is 0. The standard InChI is InChI=1S/C18H18F2N2O2S/c19-18(20)10-17(18)11-2-5-16(6-3-11)25(23,24)22-15-4-1-12-7-14(21)8-13(12)9-15/h1-6,9,14,17,22H,7-8,10,21H2/t14-,17?/m1/s1. The first kappa shape index (κ1) is 16.5. The normalized spacial score (nSPS) is 24.0. The molecule has 2 aliphatic rings. The number of hydrogen-bond donors (Lipinski definition) is 2. The van der Waals surface area contributed by atoms with E-state index in [1.165, 1.54) is 24.3 Å². The van der Waals surface area contributed by atoms with Gasteiger partial charge in [0.05, 0.1) is 10.8 Å². The number of sulfonamides is 1. The molecule has 7 heteroatoms. The molecular weight excluding hydrogens is 346 g/mol. The van der Waals surface area contributed by atoms with Crippen molar-refractivity contribution in [3.05, 3.63) is 59.2 Å². The van der Waals surface area contributed by atoms with Crippen LogP contribution in [-0.4, -0.2) is 20.4 Å².